The molecule has 0 radical (unpaired) electrons. The highest BCUT2D eigenvalue weighted by Crippen LogP contribution is 2.08. The second-order valence-corrected chi connectivity index (χ2v) is 3.02. The van der Waals surface area contributed by atoms with Gasteiger partial charge in [-0.1, -0.05) is 6.07 Å². The van der Waals surface area contributed by atoms with Crippen molar-refractivity contribution < 1.29 is 9.18 Å². The van der Waals surface area contributed by atoms with Crippen LogP contribution in [0.2, 0.25) is 0 Å². The highest BCUT2D eigenvalue weighted by molar-refractivity contribution is 5.78. The van der Waals surface area contributed by atoms with Gasteiger partial charge in [-0.2, -0.15) is 0 Å². The van der Waals surface area contributed by atoms with Crippen molar-refractivity contribution in [2.45, 2.75) is 20.3 Å². The van der Waals surface area contributed by atoms with Gasteiger partial charge in [0.2, 0.25) is 0 Å². The van der Waals surface area contributed by atoms with E-state index in [0.717, 1.165) is 11.1 Å². The highest BCUT2D eigenvalue weighted by atomic mass is 19.1. The molecule has 1 aromatic carbocycles. The van der Waals surface area contributed by atoms with Gasteiger partial charge in [0.1, 0.15) is 11.6 Å². The molecule has 1 nitrogen and oxygen atoms in total. The Morgan fingerprint density at radius 2 is 2.08 bits per heavy atom. The second kappa shape index (κ2) is 3.48. The number of benzene rings is 1. The first-order chi connectivity index (χ1) is 5.58. The fourth-order valence-corrected chi connectivity index (χ4v) is 1.20. The normalized spacial score (nSPS) is 9.92. The van der Waals surface area contributed by atoms with Gasteiger partial charge in [0.25, 0.3) is 0 Å². The third-order valence-corrected chi connectivity index (χ3v) is 1.55. The maximum atomic E-state index is 12.8. The number of hydrogen-bond donors (Lipinski definition) is 0. The molecule has 1 aromatic rings. The van der Waals surface area contributed by atoms with E-state index in [9.17, 15) is 9.18 Å². The third kappa shape index (κ3) is 2.46. The van der Waals surface area contributed by atoms with Crippen molar-refractivity contribution in [1.82, 2.24) is 0 Å². The van der Waals surface area contributed by atoms with E-state index in [1.807, 2.05) is 13.0 Å². The summed E-state index contributed by atoms with van der Waals surface area (Å²) in [6, 6.07) is 4.67. The van der Waals surface area contributed by atoms with E-state index in [1.54, 1.807) is 0 Å². The number of hydrogen-bond acceptors (Lipinski definition) is 1. The number of carbonyl (C=O) groups excluding carboxylic acids is 1. The summed E-state index contributed by atoms with van der Waals surface area (Å²) in [6.07, 6.45) is 0.318. The molecule has 1 rings (SSSR count). The minimum Gasteiger partial charge on any atom is -0.300 e. The molecule has 0 heterocycles. The molecular weight excluding hydrogens is 155 g/mol. The van der Waals surface area contributed by atoms with Gasteiger partial charge in [-0.3, -0.25) is 4.79 Å². The van der Waals surface area contributed by atoms with Gasteiger partial charge < -0.3 is 0 Å². The molecule has 0 spiro atoms. The monoisotopic (exact) mass is 166 g/mol. The lowest BCUT2D eigenvalue weighted by Crippen LogP contribution is -1.97. The quantitative estimate of drug-likeness (QED) is 0.658. The Balaban J connectivity index is 2.93. The van der Waals surface area contributed by atoms with Crippen LogP contribution < -0.4 is 0 Å². The standard InChI is InChI=1S/C10H11FO/c1-7-3-9(5-8(2)12)6-10(11)4-7/h3-4,6H,5H2,1-2H3. The predicted octanol–water partition coefficient (Wildman–Crippen LogP) is 2.27. The number of halogens is 1. The minimum absolute atomic E-state index is 0.0556. The molecule has 0 aliphatic carbocycles. The average molecular weight is 166 g/mol. The van der Waals surface area contributed by atoms with E-state index in [2.05, 4.69) is 0 Å². The van der Waals surface area contributed by atoms with Crippen molar-refractivity contribution in [2.24, 2.45) is 0 Å². The number of rotatable bonds is 2. The van der Waals surface area contributed by atoms with E-state index in [0.29, 0.717) is 6.42 Å². The van der Waals surface area contributed by atoms with Crippen LogP contribution >= 0.6 is 0 Å². The fourth-order valence-electron chi connectivity index (χ4n) is 1.20. The van der Waals surface area contributed by atoms with E-state index in [-0.39, 0.29) is 11.6 Å². The second-order valence-electron chi connectivity index (χ2n) is 3.02. The molecule has 2 heteroatoms. The lowest BCUT2D eigenvalue weighted by Gasteiger charge is -1.99. The van der Waals surface area contributed by atoms with Gasteiger partial charge in [-0.25, -0.2) is 4.39 Å². The van der Waals surface area contributed by atoms with Crippen molar-refractivity contribution in [3.8, 4) is 0 Å². The molecule has 0 aliphatic heterocycles. The lowest BCUT2D eigenvalue weighted by molar-refractivity contribution is -0.116. The van der Waals surface area contributed by atoms with Crippen LogP contribution in [0.25, 0.3) is 0 Å². The first kappa shape index (κ1) is 8.91. The van der Waals surface area contributed by atoms with Crippen LogP contribution in [0.3, 0.4) is 0 Å². The number of ketones is 1. The lowest BCUT2D eigenvalue weighted by atomic mass is 10.1. The van der Waals surface area contributed by atoms with Crippen molar-refractivity contribution in [2.75, 3.05) is 0 Å². The molecule has 0 aliphatic rings. The summed E-state index contributed by atoms with van der Waals surface area (Å²) < 4.78 is 12.8. The molecule has 0 amide bonds. The van der Waals surface area contributed by atoms with Crippen LogP contribution in [-0.2, 0) is 11.2 Å². The maximum absolute atomic E-state index is 12.8. The van der Waals surface area contributed by atoms with Gasteiger partial charge >= 0.3 is 0 Å². The molecule has 0 saturated carbocycles. The Bertz CT molecular complexity index is 284. The van der Waals surface area contributed by atoms with Crippen LogP contribution in [0.4, 0.5) is 4.39 Å². The van der Waals surface area contributed by atoms with Crippen LogP contribution in [0, 0.1) is 12.7 Å². The predicted molar refractivity (Wildman–Crippen MR) is 45.5 cm³/mol. The Labute approximate surface area is 71.2 Å². The van der Waals surface area contributed by atoms with Crippen LogP contribution in [0.5, 0.6) is 0 Å². The number of Topliss-reactive ketones (excluding diaryl/α,β-unsaturated/α-hetero) is 1. The summed E-state index contributed by atoms with van der Waals surface area (Å²) in [6.45, 7) is 3.31. The largest absolute Gasteiger partial charge is 0.300 e. The minimum atomic E-state index is -0.272. The molecule has 0 aromatic heterocycles. The van der Waals surface area contributed by atoms with Gasteiger partial charge in [-0.05, 0) is 37.1 Å². The molecule has 12 heavy (non-hydrogen) atoms. The zero-order valence-electron chi connectivity index (χ0n) is 7.23. The van der Waals surface area contributed by atoms with Gasteiger partial charge in [0.05, 0.1) is 0 Å². The zero-order valence-corrected chi connectivity index (χ0v) is 7.23. The topological polar surface area (TPSA) is 17.1 Å². The third-order valence-electron chi connectivity index (χ3n) is 1.55. The Hall–Kier alpha value is -1.18. The molecular formula is C10H11FO. The first-order valence-corrected chi connectivity index (χ1v) is 3.83. The summed E-state index contributed by atoms with van der Waals surface area (Å²) in [5.74, 6) is -0.216. The molecule has 0 unspecified atom stereocenters. The van der Waals surface area contributed by atoms with Crippen LogP contribution in [0.1, 0.15) is 18.1 Å². The summed E-state index contributed by atoms with van der Waals surface area (Å²) >= 11 is 0. The van der Waals surface area contributed by atoms with Crippen molar-refractivity contribution in [1.29, 1.82) is 0 Å². The summed E-state index contributed by atoms with van der Waals surface area (Å²) in [5.41, 5.74) is 1.60. The molecule has 0 saturated heterocycles. The molecule has 0 fully saturated rings. The SMILES string of the molecule is CC(=O)Cc1cc(C)cc(F)c1. The zero-order chi connectivity index (χ0) is 9.14. The van der Waals surface area contributed by atoms with Crippen molar-refractivity contribution in [3.05, 3.63) is 35.1 Å². The Morgan fingerprint density at radius 3 is 2.58 bits per heavy atom. The Morgan fingerprint density at radius 1 is 1.42 bits per heavy atom. The summed E-state index contributed by atoms with van der Waals surface area (Å²) in [4.78, 5) is 10.7. The summed E-state index contributed by atoms with van der Waals surface area (Å²) in [5, 5.41) is 0. The number of aryl methyl sites for hydroxylation is 1. The van der Waals surface area contributed by atoms with Gasteiger partial charge in [0, 0.05) is 6.42 Å². The number of carbonyl (C=O) groups is 1. The van der Waals surface area contributed by atoms with Gasteiger partial charge in [0.15, 0.2) is 0 Å². The smallest absolute Gasteiger partial charge is 0.134 e. The molecule has 0 bridgehead atoms. The first-order valence-electron chi connectivity index (χ1n) is 3.83. The van der Waals surface area contributed by atoms with Gasteiger partial charge in [-0.15, -0.1) is 0 Å². The fraction of sp³-hybridized carbons (Fsp3) is 0.300. The van der Waals surface area contributed by atoms with Crippen LogP contribution in [0.15, 0.2) is 18.2 Å². The Kier molecular flexibility index (Phi) is 2.58. The van der Waals surface area contributed by atoms with Crippen molar-refractivity contribution >= 4 is 5.78 Å². The highest BCUT2D eigenvalue weighted by Gasteiger charge is 2.00. The summed E-state index contributed by atoms with van der Waals surface area (Å²) in [7, 11) is 0. The van der Waals surface area contributed by atoms with Crippen molar-refractivity contribution in [3.63, 3.8) is 0 Å². The average Bonchev–Trinajstić information content (AvgIpc) is 1.81. The molecule has 0 N–H and O–H groups in total. The van der Waals surface area contributed by atoms with E-state index >= 15 is 0 Å². The van der Waals surface area contributed by atoms with Crippen LogP contribution in [-0.4, -0.2) is 5.78 Å². The maximum Gasteiger partial charge on any atom is 0.134 e. The molecule has 64 valence electrons. The van der Waals surface area contributed by atoms with E-state index in [1.165, 1.54) is 19.1 Å². The van der Waals surface area contributed by atoms with E-state index in [4.69, 9.17) is 0 Å². The molecule has 0 atom stereocenters. The van der Waals surface area contributed by atoms with E-state index < -0.39 is 0 Å².